The molecule has 1 aliphatic carbocycles. The second kappa shape index (κ2) is 7.08. The van der Waals surface area contributed by atoms with E-state index in [1.54, 1.807) is 19.2 Å². The van der Waals surface area contributed by atoms with Crippen LogP contribution in [0.4, 0.5) is 0 Å². The van der Waals surface area contributed by atoms with E-state index in [-0.39, 0.29) is 28.9 Å². The molecule has 2 unspecified atom stereocenters. The SMILES string of the molecule is COc1cc(C2(c3ccc(O)c(CO)c3)CC(C)CC(C)(C)C2)ccc1O. The summed E-state index contributed by atoms with van der Waals surface area (Å²) in [5.41, 5.74) is 2.57. The first kappa shape index (κ1) is 19.6. The van der Waals surface area contributed by atoms with Gasteiger partial charge in [-0.1, -0.05) is 32.9 Å². The van der Waals surface area contributed by atoms with E-state index < -0.39 is 0 Å². The lowest BCUT2D eigenvalue weighted by atomic mass is 9.55. The highest BCUT2D eigenvalue weighted by Crippen LogP contribution is 2.54. The van der Waals surface area contributed by atoms with Crippen LogP contribution in [0.25, 0.3) is 0 Å². The van der Waals surface area contributed by atoms with Gasteiger partial charge in [0.15, 0.2) is 11.5 Å². The maximum Gasteiger partial charge on any atom is 0.160 e. The molecule has 0 heterocycles. The van der Waals surface area contributed by atoms with E-state index in [1.165, 1.54) is 0 Å². The molecule has 4 nitrogen and oxygen atoms in total. The maximum atomic E-state index is 10.1. The largest absolute Gasteiger partial charge is 0.508 e. The second-order valence-corrected chi connectivity index (χ2v) is 8.82. The molecule has 3 rings (SSSR count). The van der Waals surface area contributed by atoms with Crippen molar-refractivity contribution in [3.05, 3.63) is 53.1 Å². The van der Waals surface area contributed by atoms with E-state index in [9.17, 15) is 15.3 Å². The van der Waals surface area contributed by atoms with Crippen LogP contribution in [-0.4, -0.2) is 22.4 Å². The maximum absolute atomic E-state index is 10.1. The Bertz CT molecular complexity index is 772. The molecule has 0 saturated heterocycles. The van der Waals surface area contributed by atoms with Crippen LogP contribution in [0.1, 0.15) is 56.7 Å². The number of aliphatic hydroxyl groups excluding tert-OH is 1. The van der Waals surface area contributed by atoms with E-state index in [2.05, 4.69) is 20.8 Å². The summed E-state index contributed by atoms with van der Waals surface area (Å²) in [5.74, 6) is 1.22. The van der Waals surface area contributed by atoms with Crippen LogP contribution in [0.15, 0.2) is 36.4 Å². The van der Waals surface area contributed by atoms with Crippen molar-refractivity contribution in [1.29, 1.82) is 0 Å². The minimum absolute atomic E-state index is 0.114. The highest BCUT2D eigenvalue weighted by Gasteiger charge is 2.45. The van der Waals surface area contributed by atoms with Crippen molar-refractivity contribution < 1.29 is 20.1 Å². The van der Waals surface area contributed by atoms with E-state index in [0.717, 1.165) is 30.4 Å². The molecule has 3 N–H and O–H groups in total. The standard InChI is InChI=1S/C23H30O4/c1-15-11-22(2,3)14-23(12-15,17-5-7-19(25)16(9-17)13-24)18-6-8-20(26)21(10-18)27-4/h5-10,15,24-26H,11-14H2,1-4H3. The normalized spacial score (nSPS) is 24.6. The monoisotopic (exact) mass is 370 g/mol. The summed E-state index contributed by atoms with van der Waals surface area (Å²) in [6.45, 7) is 6.67. The third-order valence-electron chi connectivity index (χ3n) is 5.91. The summed E-state index contributed by atoms with van der Waals surface area (Å²) < 4.78 is 5.37. The molecular weight excluding hydrogens is 340 g/mol. The third-order valence-corrected chi connectivity index (χ3v) is 5.91. The lowest BCUT2D eigenvalue weighted by Crippen LogP contribution is -2.41. The molecule has 2 aromatic carbocycles. The lowest BCUT2D eigenvalue weighted by molar-refractivity contribution is 0.126. The number of phenols is 2. The highest BCUT2D eigenvalue weighted by molar-refractivity contribution is 5.50. The zero-order chi connectivity index (χ0) is 19.8. The van der Waals surface area contributed by atoms with Gasteiger partial charge in [0.25, 0.3) is 0 Å². The van der Waals surface area contributed by atoms with Crippen LogP contribution < -0.4 is 4.74 Å². The summed E-state index contributed by atoms with van der Waals surface area (Å²) in [6, 6.07) is 11.1. The van der Waals surface area contributed by atoms with Crippen LogP contribution in [0.2, 0.25) is 0 Å². The molecule has 1 aliphatic rings. The molecule has 0 radical (unpaired) electrons. The molecule has 0 bridgehead atoms. The van der Waals surface area contributed by atoms with E-state index in [0.29, 0.717) is 17.2 Å². The van der Waals surface area contributed by atoms with E-state index >= 15 is 0 Å². The van der Waals surface area contributed by atoms with E-state index in [1.807, 2.05) is 24.3 Å². The quantitative estimate of drug-likeness (QED) is 0.728. The van der Waals surface area contributed by atoms with Crippen LogP contribution in [0, 0.1) is 11.3 Å². The molecule has 2 aromatic rings. The summed E-state index contributed by atoms with van der Waals surface area (Å²) in [6.07, 6.45) is 3.04. The first-order valence-electron chi connectivity index (χ1n) is 9.51. The fourth-order valence-corrected chi connectivity index (χ4v) is 5.16. The van der Waals surface area contributed by atoms with Crippen LogP contribution in [0.3, 0.4) is 0 Å². The topological polar surface area (TPSA) is 69.9 Å². The average Bonchev–Trinajstić information content (AvgIpc) is 2.60. The molecule has 1 saturated carbocycles. The number of aliphatic hydroxyl groups is 1. The van der Waals surface area contributed by atoms with Gasteiger partial charge in [0.05, 0.1) is 13.7 Å². The molecule has 146 valence electrons. The highest BCUT2D eigenvalue weighted by atomic mass is 16.5. The number of aromatic hydroxyl groups is 2. The Labute approximate surface area is 161 Å². The molecule has 0 aliphatic heterocycles. The molecule has 4 heteroatoms. The number of phenolic OH excluding ortho intramolecular Hbond substituents is 1. The molecule has 2 atom stereocenters. The Morgan fingerprint density at radius 3 is 2.22 bits per heavy atom. The minimum atomic E-state index is -0.278. The van der Waals surface area contributed by atoms with Gasteiger partial charge in [-0.05, 0) is 66.0 Å². The molecule has 0 aromatic heterocycles. The van der Waals surface area contributed by atoms with Gasteiger partial charge in [-0.25, -0.2) is 0 Å². The Kier molecular flexibility index (Phi) is 5.13. The van der Waals surface area contributed by atoms with Crippen molar-refractivity contribution >= 4 is 0 Å². The van der Waals surface area contributed by atoms with Crippen molar-refractivity contribution in [1.82, 2.24) is 0 Å². The summed E-state index contributed by atoms with van der Waals surface area (Å²) in [5, 5.41) is 29.8. The predicted molar refractivity (Wildman–Crippen MR) is 106 cm³/mol. The number of hydrogen-bond acceptors (Lipinski definition) is 4. The fourth-order valence-electron chi connectivity index (χ4n) is 5.16. The van der Waals surface area contributed by atoms with Crippen molar-refractivity contribution in [3.63, 3.8) is 0 Å². The third kappa shape index (κ3) is 3.63. The van der Waals surface area contributed by atoms with Gasteiger partial charge in [-0.2, -0.15) is 0 Å². The zero-order valence-corrected chi connectivity index (χ0v) is 16.6. The molecule has 0 amide bonds. The first-order valence-corrected chi connectivity index (χ1v) is 9.51. The minimum Gasteiger partial charge on any atom is -0.508 e. The van der Waals surface area contributed by atoms with Crippen LogP contribution >= 0.6 is 0 Å². The Morgan fingerprint density at radius 1 is 1.00 bits per heavy atom. The van der Waals surface area contributed by atoms with Crippen molar-refractivity contribution in [2.24, 2.45) is 11.3 Å². The molecule has 0 spiro atoms. The van der Waals surface area contributed by atoms with Gasteiger partial charge in [0, 0.05) is 11.0 Å². The molecular formula is C23H30O4. The van der Waals surface area contributed by atoms with Gasteiger partial charge in [-0.15, -0.1) is 0 Å². The fraction of sp³-hybridized carbons (Fsp3) is 0.478. The van der Waals surface area contributed by atoms with Gasteiger partial charge >= 0.3 is 0 Å². The molecule has 1 fully saturated rings. The Morgan fingerprint density at radius 2 is 1.63 bits per heavy atom. The lowest BCUT2D eigenvalue weighted by Gasteiger charge is -2.49. The van der Waals surface area contributed by atoms with Crippen LogP contribution in [0.5, 0.6) is 17.2 Å². The number of ether oxygens (including phenoxy) is 1. The smallest absolute Gasteiger partial charge is 0.160 e. The molecule has 27 heavy (non-hydrogen) atoms. The Hall–Kier alpha value is -2.20. The predicted octanol–water partition coefficient (Wildman–Crippen LogP) is 4.73. The van der Waals surface area contributed by atoms with Crippen molar-refractivity contribution in [2.45, 2.75) is 52.1 Å². The number of hydrogen-bond donors (Lipinski definition) is 3. The van der Waals surface area contributed by atoms with Gasteiger partial charge in [0.2, 0.25) is 0 Å². The van der Waals surface area contributed by atoms with Crippen molar-refractivity contribution in [2.75, 3.05) is 7.11 Å². The average molecular weight is 370 g/mol. The summed E-state index contributed by atoms with van der Waals surface area (Å²) >= 11 is 0. The second-order valence-electron chi connectivity index (χ2n) is 8.82. The number of benzene rings is 2. The zero-order valence-electron chi connectivity index (χ0n) is 16.6. The number of methoxy groups -OCH3 is 1. The first-order chi connectivity index (χ1) is 12.7. The number of rotatable bonds is 4. The van der Waals surface area contributed by atoms with Crippen LogP contribution in [-0.2, 0) is 12.0 Å². The van der Waals surface area contributed by atoms with Gasteiger partial charge < -0.3 is 20.1 Å². The van der Waals surface area contributed by atoms with Crippen molar-refractivity contribution in [3.8, 4) is 17.2 Å². The summed E-state index contributed by atoms with van der Waals surface area (Å²) in [7, 11) is 1.56. The summed E-state index contributed by atoms with van der Waals surface area (Å²) in [4.78, 5) is 0. The van der Waals surface area contributed by atoms with Gasteiger partial charge in [-0.3, -0.25) is 0 Å². The van der Waals surface area contributed by atoms with Gasteiger partial charge in [0.1, 0.15) is 5.75 Å². The Balaban J connectivity index is 2.24. The van der Waals surface area contributed by atoms with E-state index in [4.69, 9.17) is 4.74 Å².